The molecule has 8 heteroatoms. The summed E-state index contributed by atoms with van der Waals surface area (Å²) in [6.07, 6.45) is -0.538. The molecule has 0 aliphatic heterocycles. The highest BCUT2D eigenvalue weighted by Gasteiger charge is 2.15. The highest BCUT2D eigenvalue weighted by atomic mass is 35.5. The van der Waals surface area contributed by atoms with Gasteiger partial charge in [-0.3, -0.25) is 0 Å². The molecule has 0 aliphatic rings. The van der Waals surface area contributed by atoms with E-state index >= 15 is 0 Å². The van der Waals surface area contributed by atoms with E-state index in [0.29, 0.717) is 15.7 Å². The van der Waals surface area contributed by atoms with Crippen molar-refractivity contribution < 1.29 is 14.3 Å². The first-order chi connectivity index (χ1) is 10.2. The lowest BCUT2D eigenvalue weighted by Crippen LogP contribution is -2.39. The molecule has 0 spiro atoms. The second-order valence-corrected chi connectivity index (χ2v) is 6.22. The summed E-state index contributed by atoms with van der Waals surface area (Å²) in [5, 5.41) is 8.32. The maximum absolute atomic E-state index is 11.7. The molecular formula is C14H19Cl2N3O3. The number of amides is 3. The highest BCUT2D eigenvalue weighted by Crippen LogP contribution is 2.29. The Labute approximate surface area is 139 Å². The highest BCUT2D eigenvalue weighted by molar-refractivity contribution is 6.39. The first kappa shape index (κ1) is 18.4. The first-order valence-corrected chi connectivity index (χ1v) is 7.40. The zero-order chi connectivity index (χ0) is 16.8. The molecule has 22 heavy (non-hydrogen) atoms. The van der Waals surface area contributed by atoms with Gasteiger partial charge < -0.3 is 20.7 Å². The molecule has 0 aromatic heterocycles. The van der Waals surface area contributed by atoms with Gasteiger partial charge in [-0.15, -0.1) is 0 Å². The standard InChI is InChI=1S/C14H19Cl2N3O3/c1-14(2,3)22-13(21)18-8-7-17-12(20)19-11-9(15)5-4-6-10(11)16/h4-6H,7-8H2,1-3H3,(H,18,21)(H2,17,19,20). The molecule has 0 aliphatic carbocycles. The minimum Gasteiger partial charge on any atom is -0.444 e. The van der Waals surface area contributed by atoms with Crippen LogP contribution in [-0.4, -0.2) is 30.8 Å². The van der Waals surface area contributed by atoms with Crippen molar-refractivity contribution in [1.82, 2.24) is 10.6 Å². The van der Waals surface area contributed by atoms with Gasteiger partial charge in [-0.05, 0) is 32.9 Å². The van der Waals surface area contributed by atoms with Crippen LogP contribution in [0.3, 0.4) is 0 Å². The van der Waals surface area contributed by atoms with Crippen molar-refractivity contribution in [2.24, 2.45) is 0 Å². The Bertz CT molecular complexity index is 524. The number of benzene rings is 1. The molecule has 0 saturated heterocycles. The van der Waals surface area contributed by atoms with Crippen LogP contribution in [0.4, 0.5) is 15.3 Å². The number of nitrogens with one attached hydrogen (secondary N) is 3. The molecule has 0 unspecified atom stereocenters. The van der Waals surface area contributed by atoms with Crippen molar-refractivity contribution in [2.45, 2.75) is 26.4 Å². The number of anilines is 1. The number of halogens is 2. The Balaban J connectivity index is 2.31. The molecule has 3 N–H and O–H groups in total. The van der Waals surface area contributed by atoms with Crippen molar-refractivity contribution in [1.29, 1.82) is 0 Å². The van der Waals surface area contributed by atoms with E-state index in [4.69, 9.17) is 27.9 Å². The number of alkyl carbamates (subject to hydrolysis) is 1. The van der Waals surface area contributed by atoms with Gasteiger partial charge >= 0.3 is 12.1 Å². The zero-order valence-electron chi connectivity index (χ0n) is 12.6. The third-order valence-electron chi connectivity index (χ3n) is 2.28. The summed E-state index contributed by atoms with van der Waals surface area (Å²) < 4.78 is 5.06. The average molecular weight is 348 g/mol. The van der Waals surface area contributed by atoms with Crippen LogP contribution >= 0.6 is 23.2 Å². The SMILES string of the molecule is CC(C)(C)OC(=O)NCCNC(=O)Nc1c(Cl)cccc1Cl. The second kappa shape index (κ2) is 8.10. The average Bonchev–Trinajstić information content (AvgIpc) is 2.37. The number of urea groups is 1. The third kappa shape index (κ3) is 6.87. The minimum atomic E-state index is -0.560. The molecular weight excluding hydrogens is 329 g/mol. The fraction of sp³-hybridized carbons (Fsp3) is 0.429. The van der Waals surface area contributed by atoms with Crippen molar-refractivity contribution in [3.05, 3.63) is 28.2 Å². The van der Waals surface area contributed by atoms with Gasteiger partial charge in [-0.1, -0.05) is 29.3 Å². The molecule has 0 radical (unpaired) electrons. The molecule has 122 valence electrons. The number of hydrogen-bond acceptors (Lipinski definition) is 3. The zero-order valence-corrected chi connectivity index (χ0v) is 14.1. The molecule has 0 saturated carbocycles. The Kier molecular flexibility index (Phi) is 6.77. The molecule has 1 rings (SSSR count). The summed E-state index contributed by atoms with van der Waals surface area (Å²) in [5.74, 6) is 0. The predicted molar refractivity (Wildman–Crippen MR) is 87.7 cm³/mol. The number of para-hydroxylation sites is 1. The van der Waals surface area contributed by atoms with Crippen molar-refractivity contribution in [3.63, 3.8) is 0 Å². The lowest BCUT2D eigenvalue weighted by molar-refractivity contribution is 0.0528. The Morgan fingerprint density at radius 2 is 1.64 bits per heavy atom. The Hall–Kier alpha value is -1.66. The van der Waals surface area contributed by atoms with E-state index in [-0.39, 0.29) is 13.1 Å². The topological polar surface area (TPSA) is 79.5 Å². The van der Waals surface area contributed by atoms with Crippen molar-refractivity contribution >= 4 is 41.0 Å². The van der Waals surface area contributed by atoms with Gasteiger partial charge in [0, 0.05) is 13.1 Å². The van der Waals surface area contributed by atoms with E-state index in [1.165, 1.54) is 0 Å². The summed E-state index contributed by atoms with van der Waals surface area (Å²) in [7, 11) is 0. The summed E-state index contributed by atoms with van der Waals surface area (Å²) in [6, 6.07) is 4.44. The van der Waals surface area contributed by atoms with Gasteiger partial charge in [0.15, 0.2) is 0 Å². The van der Waals surface area contributed by atoms with Gasteiger partial charge in [0.25, 0.3) is 0 Å². The molecule has 1 aromatic rings. The van der Waals surface area contributed by atoms with E-state index in [2.05, 4.69) is 16.0 Å². The molecule has 6 nitrogen and oxygen atoms in total. The molecule has 0 heterocycles. The van der Waals surface area contributed by atoms with Gasteiger partial charge in [0.05, 0.1) is 15.7 Å². The van der Waals surface area contributed by atoms with Crippen LogP contribution < -0.4 is 16.0 Å². The van der Waals surface area contributed by atoms with Crippen molar-refractivity contribution in [3.8, 4) is 0 Å². The lowest BCUT2D eigenvalue weighted by atomic mass is 10.2. The van der Waals surface area contributed by atoms with E-state index in [9.17, 15) is 9.59 Å². The van der Waals surface area contributed by atoms with Crippen LogP contribution in [0.25, 0.3) is 0 Å². The molecule has 0 fully saturated rings. The summed E-state index contributed by atoms with van der Waals surface area (Å²) in [6.45, 7) is 5.77. The second-order valence-electron chi connectivity index (χ2n) is 5.41. The number of ether oxygens (including phenoxy) is 1. The molecule has 0 bridgehead atoms. The van der Waals surface area contributed by atoms with Gasteiger partial charge in [-0.25, -0.2) is 9.59 Å². The van der Waals surface area contributed by atoms with E-state index in [0.717, 1.165) is 0 Å². The number of hydrogen-bond donors (Lipinski definition) is 3. The number of carbonyl (C=O) groups is 2. The van der Waals surface area contributed by atoms with Crippen LogP contribution in [0.2, 0.25) is 10.0 Å². The van der Waals surface area contributed by atoms with E-state index in [1.807, 2.05) is 0 Å². The lowest BCUT2D eigenvalue weighted by Gasteiger charge is -2.19. The van der Waals surface area contributed by atoms with Crippen LogP contribution in [0, 0.1) is 0 Å². The Morgan fingerprint density at radius 3 is 2.18 bits per heavy atom. The van der Waals surface area contributed by atoms with Crippen LogP contribution in [0.5, 0.6) is 0 Å². The van der Waals surface area contributed by atoms with Crippen molar-refractivity contribution in [2.75, 3.05) is 18.4 Å². The number of carbonyl (C=O) groups excluding carboxylic acids is 2. The van der Waals surface area contributed by atoms with Crippen LogP contribution in [0.1, 0.15) is 20.8 Å². The van der Waals surface area contributed by atoms with E-state index < -0.39 is 17.7 Å². The van der Waals surface area contributed by atoms with Gasteiger partial charge in [-0.2, -0.15) is 0 Å². The quantitative estimate of drug-likeness (QED) is 0.727. The molecule has 0 atom stereocenters. The van der Waals surface area contributed by atoms with Crippen LogP contribution in [-0.2, 0) is 4.74 Å². The fourth-order valence-corrected chi connectivity index (χ4v) is 1.92. The Morgan fingerprint density at radius 1 is 1.09 bits per heavy atom. The monoisotopic (exact) mass is 347 g/mol. The summed E-state index contributed by atoms with van der Waals surface area (Å²) in [5.41, 5.74) is -0.223. The summed E-state index contributed by atoms with van der Waals surface area (Å²) in [4.78, 5) is 23.1. The van der Waals surface area contributed by atoms with Gasteiger partial charge in [0.2, 0.25) is 0 Å². The first-order valence-electron chi connectivity index (χ1n) is 6.65. The van der Waals surface area contributed by atoms with Crippen LogP contribution in [0.15, 0.2) is 18.2 Å². The molecule has 3 amide bonds. The molecule has 1 aromatic carbocycles. The summed E-state index contributed by atoms with van der Waals surface area (Å²) >= 11 is 11.9. The maximum Gasteiger partial charge on any atom is 0.407 e. The predicted octanol–water partition coefficient (Wildman–Crippen LogP) is 3.64. The maximum atomic E-state index is 11.7. The number of rotatable bonds is 4. The largest absolute Gasteiger partial charge is 0.444 e. The van der Waals surface area contributed by atoms with Gasteiger partial charge in [0.1, 0.15) is 5.60 Å². The smallest absolute Gasteiger partial charge is 0.407 e. The fourth-order valence-electron chi connectivity index (χ4n) is 1.43. The normalized spacial score (nSPS) is 10.8. The minimum absolute atomic E-state index is 0.229. The third-order valence-corrected chi connectivity index (χ3v) is 2.91. The van der Waals surface area contributed by atoms with E-state index in [1.54, 1.807) is 39.0 Å².